The molecule has 3 aromatic rings. The van der Waals surface area contributed by atoms with Crippen LogP contribution < -0.4 is 10.9 Å². The van der Waals surface area contributed by atoms with Gasteiger partial charge in [0.05, 0.1) is 10.9 Å². The molecule has 2 aromatic heterocycles. The molecule has 0 aliphatic heterocycles. The minimum atomic E-state index is -4.42. The molecule has 3 rings (SSSR count). The van der Waals surface area contributed by atoms with Gasteiger partial charge in [-0.15, -0.1) is 0 Å². The molecule has 0 unspecified atom stereocenters. The molecule has 142 valence electrons. The van der Waals surface area contributed by atoms with Gasteiger partial charge in [-0.25, -0.2) is 9.78 Å². The Kier molecular flexibility index (Phi) is 4.98. The van der Waals surface area contributed by atoms with Gasteiger partial charge in [0.25, 0.3) is 0 Å². The van der Waals surface area contributed by atoms with Crippen LogP contribution in [0.3, 0.4) is 0 Å². The van der Waals surface area contributed by atoms with Crippen LogP contribution in [0.5, 0.6) is 0 Å². The van der Waals surface area contributed by atoms with Crippen molar-refractivity contribution in [3.05, 3.63) is 61.7 Å². The van der Waals surface area contributed by atoms with Crippen LogP contribution in [0.2, 0.25) is 0 Å². The molecule has 0 aliphatic carbocycles. The lowest BCUT2D eigenvalue weighted by Crippen LogP contribution is -2.13. The summed E-state index contributed by atoms with van der Waals surface area (Å²) in [7, 11) is 0. The summed E-state index contributed by atoms with van der Waals surface area (Å²) in [5.41, 5.74) is -0.132. The highest BCUT2D eigenvalue weighted by molar-refractivity contribution is 9.10. The van der Waals surface area contributed by atoms with Crippen molar-refractivity contribution in [1.82, 2.24) is 9.97 Å². The van der Waals surface area contributed by atoms with E-state index in [1.165, 1.54) is 6.07 Å². The molecular formula is C18H15BrF3N3O2. The SMILES string of the molecule is Cc1nc(N[C@H](C)c2cccc(C(F)(F)F)c2)c2c(C)c(Br)c(=O)oc2n1. The first-order valence-corrected chi connectivity index (χ1v) is 8.78. The van der Waals surface area contributed by atoms with Gasteiger partial charge in [-0.2, -0.15) is 18.2 Å². The van der Waals surface area contributed by atoms with Crippen molar-refractivity contribution in [1.29, 1.82) is 0 Å². The van der Waals surface area contributed by atoms with Crippen molar-refractivity contribution in [3.63, 3.8) is 0 Å². The summed E-state index contributed by atoms with van der Waals surface area (Å²) in [6, 6.07) is 4.61. The average Bonchev–Trinajstić information content (AvgIpc) is 2.58. The highest BCUT2D eigenvalue weighted by atomic mass is 79.9. The van der Waals surface area contributed by atoms with E-state index in [0.29, 0.717) is 28.2 Å². The number of aryl methyl sites for hydroxylation is 2. The Bertz CT molecular complexity index is 1080. The van der Waals surface area contributed by atoms with Crippen LogP contribution in [-0.2, 0) is 6.18 Å². The summed E-state index contributed by atoms with van der Waals surface area (Å²) in [4.78, 5) is 20.3. The number of alkyl halides is 3. The van der Waals surface area contributed by atoms with Crippen LogP contribution in [0.1, 0.15) is 35.5 Å². The summed E-state index contributed by atoms with van der Waals surface area (Å²) < 4.78 is 44.3. The zero-order valence-corrected chi connectivity index (χ0v) is 16.2. The fourth-order valence-corrected chi connectivity index (χ4v) is 3.01. The largest absolute Gasteiger partial charge is 0.416 e. The number of nitrogens with zero attached hydrogens (tertiary/aromatic N) is 2. The molecule has 1 atom stereocenters. The lowest BCUT2D eigenvalue weighted by Gasteiger charge is -2.18. The molecule has 1 N–H and O–H groups in total. The fraction of sp³-hybridized carbons (Fsp3) is 0.278. The van der Waals surface area contributed by atoms with E-state index in [4.69, 9.17) is 4.42 Å². The van der Waals surface area contributed by atoms with E-state index in [1.54, 1.807) is 26.8 Å². The van der Waals surface area contributed by atoms with Crippen molar-refractivity contribution < 1.29 is 17.6 Å². The Morgan fingerprint density at radius 1 is 1.22 bits per heavy atom. The summed E-state index contributed by atoms with van der Waals surface area (Å²) in [5.74, 6) is 0.746. The van der Waals surface area contributed by atoms with Gasteiger partial charge >= 0.3 is 11.8 Å². The number of benzene rings is 1. The first-order chi connectivity index (χ1) is 12.6. The molecule has 0 spiro atoms. The van der Waals surface area contributed by atoms with E-state index in [2.05, 4.69) is 31.2 Å². The minimum absolute atomic E-state index is 0.118. The zero-order chi connectivity index (χ0) is 19.9. The number of aromatic nitrogens is 2. The Labute approximate surface area is 160 Å². The number of hydrogen-bond acceptors (Lipinski definition) is 5. The van der Waals surface area contributed by atoms with Crippen LogP contribution in [0.4, 0.5) is 19.0 Å². The van der Waals surface area contributed by atoms with Crippen LogP contribution in [-0.4, -0.2) is 9.97 Å². The number of anilines is 1. The third kappa shape index (κ3) is 3.83. The monoisotopic (exact) mass is 441 g/mol. The van der Waals surface area contributed by atoms with E-state index in [1.807, 2.05) is 0 Å². The van der Waals surface area contributed by atoms with E-state index in [9.17, 15) is 18.0 Å². The van der Waals surface area contributed by atoms with E-state index in [0.717, 1.165) is 12.1 Å². The summed E-state index contributed by atoms with van der Waals surface area (Å²) in [6.45, 7) is 5.07. The average molecular weight is 442 g/mol. The van der Waals surface area contributed by atoms with Crippen molar-refractivity contribution in [3.8, 4) is 0 Å². The van der Waals surface area contributed by atoms with E-state index < -0.39 is 23.4 Å². The van der Waals surface area contributed by atoms with Gasteiger partial charge in [0, 0.05) is 6.04 Å². The lowest BCUT2D eigenvalue weighted by atomic mass is 10.0. The highest BCUT2D eigenvalue weighted by Crippen LogP contribution is 2.33. The molecule has 0 bridgehead atoms. The van der Waals surface area contributed by atoms with Crippen molar-refractivity contribution in [2.24, 2.45) is 0 Å². The first-order valence-electron chi connectivity index (χ1n) is 7.99. The molecule has 0 radical (unpaired) electrons. The normalized spacial score (nSPS) is 13.0. The Morgan fingerprint density at radius 3 is 2.59 bits per heavy atom. The molecule has 9 heteroatoms. The molecule has 0 aliphatic rings. The zero-order valence-electron chi connectivity index (χ0n) is 14.6. The number of fused-ring (bicyclic) bond motifs is 1. The third-order valence-corrected chi connectivity index (χ3v) is 5.05. The van der Waals surface area contributed by atoms with Gasteiger partial charge in [0.15, 0.2) is 0 Å². The van der Waals surface area contributed by atoms with Crippen LogP contribution >= 0.6 is 15.9 Å². The third-order valence-electron chi connectivity index (χ3n) is 4.13. The maximum absolute atomic E-state index is 13.0. The van der Waals surface area contributed by atoms with Crippen LogP contribution in [0.15, 0.2) is 37.9 Å². The quantitative estimate of drug-likeness (QED) is 0.608. The Hall–Kier alpha value is -2.42. The van der Waals surface area contributed by atoms with Gasteiger partial charge in [0.2, 0.25) is 5.71 Å². The van der Waals surface area contributed by atoms with Gasteiger partial charge in [-0.3, -0.25) is 0 Å². The van der Waals surface area contributed by atoms with Crippen molar-refractivity contribution >= 4 is 32.8 Å². The van der Waals surface area contributed by atoms with Gasteiger partial charge in [0.1, 0.15) is 16.1 Å². The molecular weight excluding hydrogens is 427 g/mol. The van der Waals surface area contributed by atoms with Gasteiger partial charge < -0.3 is 9.73 Å². The Balaban J connectivity index is 2.07. The standard InChI is InChI=1S/C18H15BrF3N3O2/c1-8-13-15(24-10(3)25-16(13)27-17(26)14(8)19)23-9(2)11-5-4-6-12(7-11)18(20,21)22/h4-7,9H,1-3H3,(H,23,24,25)/t9-/m1/s1. The lowest BCUT2D eigenvalue weighted by molar-refractivity contribution is -0.137. The van der Waals surface area contributed by atoms with Gasteiger partial charge in [-0.1, -0.05) is 12.1 Å². The van der Waals surface area contributed by atoms with Gasteiger partial charge in [-0.05, 0) is 60.0 Å². The van der Waals surface area contributed by atoms with Crippen molar-refractivity contribution in [2.75, 3.05) is 5.32 Å². The number of halogens is 4. The second-order valence-electron chi connectivity index (χ2n) is 6.12. The smallest absolute Gasteiger partial charge is 0.403 e. The van der Waals surface area contributed by atoms with Crippen molar-refractivity contribution in [2.45, 2.75) is 33.0 Å². The number of hydrogen-bond donors (Lipinski definition) is 1. The Morgan fingerprint density at radius 2 is 1.93 bits per heavy atom. The molecule has 2 heterocycles. The summed E-state index contributed by atoms with van der Waals surface area (Å²) in [6.07, 6.45) is -4.42. The molecule has 5 nitrogen and oxygen atoms in total. The summed E-state index contributed by atoms with van der Waals surface area (Å²) >= 11 is 3.18. The molecule has 1 aromatic carbocycles. The predicted molar refractivity (Wildman–Crippen MR) is 98.7 cm³/mol. The number of rotatable bonds is 3. The summed E-state index contributed by atoms with van der Waals surface area (Å²) in [5, 5.41) is 3.60. The molecule has 0 saturated heterocycles. The topological polar surface area (TPSA) is 68.0 Å². The minimum Gasteiger partial charge on any atom is -0.403 e. The first kappa shape index (κ1) is 19.3. The molecule has 27 heavy (non-hydrogen) atoms. The maximum atomic E-state index is 13.0. The van der Waals surface area contributed by atoms with Crippen LogP contribution in [0, 0.1) is 13.8 Å². The van der Waals surface area contributed by atoms with E-state index >= 15 is 0 Å². The molecule has 0 fully saturated rings. The molecule has 0 saturated carbocycles. The van der Waals surface area contributed by atoms with Crippen LogP contribution in [0.25, 0.3) is 11.1 Å². The second kappa shape index (κ2) is 6.95. The molecule has 0 amide bonds. The second-order valence-corrected chi connectivity index (χ2v) is 6.91. The fourth-order valence-electron chi connectivity index (χ4n) is 2.73. The predicted octanol–water partition coefficient (Wildman–Crippen LogP) is 5.15. The maximum Gasteiger partial charge on any atom is 0.416 e. The van der Waals surface area contributed by atoms with E-state index in [-0.39, 0.29) is 10.2 Å². The number of nitrogens with one attached hydrogen (secondary N) is 1. The highest BCUT2D eigenvalue weighted by Gasteiger charge is 2.30.